The topological polar surface area (TPSA) is 26.3 Å². The molecule has 2 nitrogen and oxygen atoms in total. The number of rotatable bonds is 3. The number of carbonyl (C=O) groups excluding carboxylic acids is 1. The molecule has 0 bridgehead atoms. The first-order valence-electron chi connectivity index (χ1n) is 8.89. The number of esters is 1. The maximum absolute atomic E-state index is 12.5. The van der Waals surface area contributed by atoms with Crippen LogP contribution in [0.2, 0.25) is 0 Å². The Hall–Kier alpha value is -2.35. The summed E-state index contributed by atoms with van der Waals surface area (Å²) >= 11 is 0. The Morgan fingerprint density at radius 3 is 2.12 bits per heavy atom. The summed E-state index contributed by atoms with van der Waals surface area (Å²) in [5.41, 5.74) is 0.948. The van der Waals surface area contributed by atoms with Gasteiger partial charge in [-0.2, -0.15) is 0 Å². The first-order chi connectivity index (χ1) is 11.8. The van der Waals surface area contributed by atoms with Crippen LogP contribution in [-0.4, -0.2) is 5.97 Å². The van der Waals surface area contributed by atoms with Gasteiger partial charge >= 0.3 is 5.97 Å². The molecular weight excluding hydrogens is 308 g/mol. The second-order valence-electron chi connectivity index (χ2n) is 7.93. The monoisotopic (exact) mass is 334 g/mol. The van der Waals surface area contributed by atoms with Gasteiger partial charge in [-0.1, -0.05) is 70.2 Å². The molecule has 2 unspecified atom stereocenters. The van der Waals surface area contributed by atoms with Crippen LogP contribution in [0.5, 0.6) is 0 Å². The molecule has 0 aliphatic rings. The van der Waals surface area contributed by atoms with Crippen LogP contribution in [0, 0.1) is 11.3 Å². The summed E-state index contributed by atoms with van der Waals surface area (Å²) in [7, 11) is 0. The second-order valence-corrected chi connectivity index (χ2v) is 7.93. The molecule has 0 N–H and O–H groups in total. The lowest BCUT2D eigenvalue weighted by Crippen LogP contribution is -2.28. The third kappa shape index (κ3) is 3.53. The predicted molar refractivity (Wildman–Crippen MR) is 105 cm³/mol. The summed E-state index contributed by atoms with van der Waals surface area (Å²) in [4.78, 5) is 12.5. The summed E-state index contributed by atoms with van der Waals surface area (Å²) in [6.07, 6.45) is -0.276. The Kier molecular flexibility index (Phi) is 4.55. The zero-order chi connectivity index (χ0) is 18.2. The first kappa shape index (κ1) is 17.5. The van der Waals surface area contributed by atoms with Gasteiger partial charge in [-0.15, -0.1) is 0 Å². The second kappa shape index (κ2) is 6.51. The van der Waals surface area contributed by atoms with Crippen molar-refractivity contribution in [1.29, 1.82) is 0 Å². The van der Waals surface area contributed by atoms with E-state index in [-0.39, 0.29) is 23.4 Å². The molecule has 0 amide bonds. The smallest absolute Gasteiger partial charge is 0.309 e. The van der Waals surface area contributed by atoms with Crippen molar-refractivity contribution >= 4 is 27.5 Å². The van der Waals surface area contributed by atoms with Gasteiger partial charge in [0.25, 0.3) is 0 Å². The van der Waals surface area contributed by atoms with E-state index in [9.17, 15) is 4.79 Å². The van der Waals surface area contributed by atoms with Crippen LogP contribution in [0.4, 0.5) is 0 Å². The minimum atomic E-state index is -0.276. The molecule has 0 fully saturated rings. The quantitative estimate of drug-likeness (QED) is 0.416. The molecule has 2 atom stereocenters. The van der Waals surface area contributed by atoms with Gasteiger partial charge in [-0.25, -0.2) is 0 Å². The fraction of sp³-hybridized carbons (Fsp3) is 0.348. The molecule has 0 saturated heterocycles. The van der Waals surface area contributed by atoms with E-state index in [1.54, 1.807) is 0 Å². The number of hydrogen-bond acceptors (Lipinski definition) is 2. The highest BCUT2D eigenvalue weighted by molar-refractivity contribution is 5.99. The number of carbonyl (C=O) groups is 1. The summed E-state index contributed by atoms with van der Waals surface area (Å²) in [5.74, 6) is -0.288. The molecule has 0 heterocycles. The summed E-state index contributed by atoms with van der Waals surface area (Å²) in [6.45, 7) is 10.1. The van der Waals surface area contributed by atoms with E-state index < -0.39 is 0 Å². The van der Waals surface area contributed by atoms with Crippen molar-refractivity contribution in [1.82, 2.24) is 0 Å². The van der Waals surface area contributed by atoms with Gasteiger partial charge < -0.3 is 4.74 Å². The van der Waals surface area contributed by atoms with Crippen LogP contribution in [-0.2, 0) is 9.53 Å². The largest absolute Gasteiger partial charge is 0.458 e. The fourth-order valence-electron chi connectivity index (χ4n) is 3.04. The molecule has 2 heteroatoms. The van der Waals surface area contributed by atoms with Crippen molar-refractivity contribution in [2.24, 2.45) is 11.3 Å². The molecular formula is C23H26O2. The van der Waals surface area contributed by atoms with Crippen molar-refractivity contribution in [3.63, 3.8) is 0 Å². The fourth-order valence-corrected chi connectivity index (χ4v) is 3.04. The van der Waals surface area contributed by atoms with Crippen LogP contribution in [0.15, 0.2) is 54.6 Å². The van der Waals surface area contributed by atoms with E-state index in [0.717, 1.165) is 10.9 Å². The minimum Gasteiger partial charge on any atom is -0.458 e. The highest BCUT2D eigenvalue weighted by Crippen LogP contribution is 2.32. The molecule has 0 aliphatic heterocycles. The zero-order valence-corrected chi connectivity index (χ0v) is 15.7. The average Bonchev–Trinajstić information content (AvgIpc) is 2.57. The van der Waals surface area contributed by atoms with E-state index in [0.29, 0.717) is 0 Å². The van der Waals surface area contributed by atoms with Gasteiger partial charge in [0.05, 0.1) is 5.92 Å². The van der Waals surface area contributed by atoms with Gasteiger partial charge in [-0.05, 0) is 51.6 Å². The van der Waals surface area contributed by atoms with Gasteiger partial charge in [0.2, 0.25) is 0 Å². The Morgan fingerprint density at radius 2 is 1.48 bits per heavy atom. The van der Waals surface area contributed by atoms with E-state index in [4.69, 9.17) is 4.74 Å². The third-order valence-corrected chi connectivity index (χ3v) is 5.16. The first-order valence-corrected chi connectivity index (χ1v) is 8.89. The van der Waals surface area contributed by atoms with E-state index in [2.05, 4.69) is 63.2 Å². The van der Waals surface area contributed by atoms with Crippen LogP contribution in [0.25, 0.3) is 21.5 Å². The number of fused-ring (bicyclic) bond motifs is 2. The van der Waals surface area contributed by atoms with Crippen LogP contribution >= 0.6 is 0 Å². The summed E-state index contributed by atoms with van der Waals surface area (Å²) < 4.78 is 5.81. The standard InChI is InChI=1S/C23H26O2/c1-15(23(3,4)5)22(24)25-16(2)20-12-8-11-19-13-17-9-6-7-10-18(17)14-21(19)20/h6-16H,1-5H3. The molecule has 130 valence electrons. The molecule has 3 aromatic carbocycles. The van der Waals surface area contributed by atoms with Gasteiger partial charge in [0.1, 0.15) is 6.10 Å². The maximum Gasteiger partial charge on any atom is 0.309 e. The van der Waals surface area contributed by atoms with Crippen LogP contribution in [0.1, 0.15) is 46.3 Å². The van der Waals surface area contributed by atoms with Crippen molar-refractivity contribution in [2.75, 3.05) is 0 Å². The number of benzene rings is 3. The maximum atomic E-state index is 12.5. The van der Waals surface area contributed by atoms with Crippen molar-refractivity contribution in [3.05, 3.63) is 60.2 Å². The lowest BCUT2D eigenvalue weighted by molar-refractivity contribution is -0.156. The molecule has 3 aromatic rings. The van der Waals surface area contributed by atoms with Crippen LogP contribution in [0.3, 0.4) is 0 Å². The average molecular weight is 334 g/mol. The molecule has 25 heavy (non-hydrogen) atoms. The summed E-state index contributed by atoms with van der Waals surface area (Å²) in [6, 6.07) is 18.9. The van der Waals surface area contributed by atoms with Gasteiger partial charge in [-0.3, -0.25) is 4.79 Å². The number of ether oxygens (including phenoxy) is 1. The van der Waals surface area contributed by atoms with E-state index in [1.165, 1.54) is 16.2 Å². The van der Waals surface area contributed by atoms with Crippen molar-refractivity contribution in [3.8, 4) is 0 Å². The van der Waals surface area contributed by atoms with Gasteiger partial charge in [0, 0.05) is 0 Å². The Balaban J connectivity index is 1.97. The van der Waals surface area contributed by atoms with Crippen molar-refractivity contribution < 1.29 is 9.53 Å². The van der Waals surface area contributed by atoms with E-state index >= 15 is 0 Å². The Bertz CT molecular complexity index is 918. The SMILES string of the molecule is CC(OC(=O)C(C)C(C)(C)C)c1cccc2cc3ccccc3cc12. The normalized spacial score (nSPS) is 14.4. The predicted octanol–water partition coefficient (Wildman–Crippen LogP) is 6.28. The molecule has 0 aliphatic carbocycles. The number of hydrogen-bond donors (Lipinski definition) is 0. The molecule has 3 rings (SSSR count). The lowest BCUT2D eigenvalue weighted by atomic mass is 9.82. The highest BCUT2D eigenvalue weighted by Gasteiger charge is 2.29. The summed E-state index contributed by atoms with van der Waals surface area (Å²) in [5, 5.41) is 4.73. The Morgan fingerprint density at radius 1 is 0.880 bits per heavy atom. The van der Waals surface area contributed by atoms with E-state index in [1.807, 2.05) is 26.0 Å². The lowest BCUT2D eigenvalue weighted by Gasteiger charge is -2.27. The third-order valence-electron chi connectivity index (χ3n) is 5.16. The van der Waals surface area contributed by atoms with Gasteiger partial charge in [0.15, 0.2) is 0 Å². The Labute approximate surface area is 149 Å². The van der Waals surface area contributed by atoms with Crippen molar-refractivity contribution in [2.45, 2.75) is 40.7 Å². The van der Waals surface area contributed by atoms with Crippen LogP contribution < -0.4 is 0 Å². The molecule has 0 saturated carbocycles. The zero-order valence-electron chi connectivity index (χ0n) is 15.7. The molecule has 0 aromatic heterocycles. The minimum absolute atomic E-state index is 0.105. The molecule has 0 spiro atoms. The highest BCUT2D eigenvalue weighted by atomic mass is 16.5. The molecule has 0 radical (unpaired) electrons.